The van der Waals surface area contributed by atoms with Crippen LogP contribution in [0, 0.1) is 0 Å². The summed E-state index contributed by atoms with van der Waals surface area (Å²) in [6.07, 6.45) is -2.81. The maximum absolute atomic E-state index is 10.2. The molecular formula is C16H16NiO6. The number of benzene rings is 2. The predicted molar refractivity (Wildman–Crippen MR) is 78.1 cm³/mol. The summed E-state index contributed by atoms with van der Waals surface area (Å²) in [5.74, 6) is -2.45. The van der Waals surface area contributed by atoms with Gasteiger partial charge in [0.25, 0.3) is 0 Å². The molecule has 0 saturated carbocycles. The van der Waals surface area contributed by atoms with Gasteiger partial charge >= 0.3 is 11.9 Å². The molecule has 0 aliphatic heterocycles. The Morgan fingerprint density at radius 2 is 0.913 bits per heavy atom. The van der Waals surface area contributed by atoms with Gasteiger partial charge in [-0.3, -0.25) is 0 Å². The normalized spacial score (nSPS) is 11.9. The average molecular weight is 363 g/mol. The minimum absolute atomic E-state index is 0. The number of rotatable bonds is 4. The van der Waals surface area contributed by atoms with Crippen molar-refractivity contribution >= 4 is 11.9 Å². The molecule has 2 aromatic carbocycles. The summed E-state index contributed by atoms with van der Waals surface area (Å²) in [6.45, 7) is 0. The van der Waals surface area contributed by atoms with E-state index in [0.29, 0.717) is 11.1 Å². The Labute approximate surface area is 143 Å². The number of aliphatic hydroxyl groups excluding tert-OH is 2. The van der Waals surface area contributed by atoms with Crippen molar-refractivity contribution < 1.29 is 46.5 Å². The first-order valence-electron chi connectivity index (χ1n) is 6.35. The minimum Gasteiger partial charge on any atom is -0.479 e. The van der Waals surface area contributed by atoms with Gasteiger partial charge in [-0.25, -0.2) is 9.59 Å². The molecule has 0 heterocycles. The Hall–Kier alpha value is -2.21. The Balaban J connectivity index is 0.000000403. The molecular weight excluding hydrogens is 347 g/mol. The summed E-state index contributed by atoms with van der Waals surface area (Å²) in [4.78, 5) is 20.5. The molecule has 0 radical (unpaired) electrons. The van der Waals surface area contributed by atoms with E-state index < -0.39 is 24.1 Å². The van der Waals surface area contributed by atoms with Crippen LogP contribution in [-0.2, 0) is 26.1 Å². The molecule has 6 nitrogen and oxygen atoms in total. The fourth-order valence-electron chi connectivity index (χ4n) is 1.56. The first kappa shape index (κ1) is 20.8. The van der Waals surface area contributed by atoms with E-state index in [0.717, 1.165) is 0 Å². The molecule has 2 unspecified atom stereocenters. The molecule has 0 fully saturated rings. The number of carbonyl (C=O) groups is 2. The van der Waals surface area contributed by atoms with Gasteiger partial charge in [0, 0.05) is 16.5 Å². The van der Waals surface area contributed by atoms with E-state index in [1.54, 1.807) is 60.7 Å². The van der Waals surface area contributed by atoms with E-state index >= 15 is 0 Å². The van der Waals surface area contributed by atoms with Gasteiger partial charge in [0.05, 0.1) is 0 Å². The molecule has 0 spiro atoms. The fourth-order valence-corrected chi connectivity index (χ4v) is 1.56. The van der Waals surface area contributed by atoms with Crippen LogP contribution < -0.4 is 0 Å². The van der Waals surface area contributed by atoms with Crippen molar-refractivity contribution in [3.8, 4) is 0 Å². The Morgan fingerprint density at radius 3 is 1.13 bits per heavy atom. The van der Waals surface area contributed by atoms with Crippen molar-refractivity contribution in [2.75, 3.05) is 0 Å². The van der Waals surface area contributed by atoms with Crippen molar-refractivity contribution in [1.82, 2.24) is 0 Å². The van der Waals surface area contributed by atoms with Gasteiger partial charge < -0.3 is 20.4 Å². The molecule has 126 valence electrons. The molecule has 2 aromatic rings. The molecule has 0 aliphatic rings. The van der Waals surface area contributed by atoms with Gasteiger partial charge in [0.15, 0.2) is 12.2 Å². The second-order valence-electron chi connectivity index (χ2n) is 4.30. The van der Waals surface area contributed by atoms with Gasteiger partial charge in [0.2, 0.25) is 0 Å². The Morgan fingerprint density at radius 1 is 0.652 bits per heavy atom. The summed E-state index contributed by atoms with van der Waals surface area (Å²) in [6, 6.07) is 16.5. The number of hydrogen-bond acceptors (Lipinski definition) is 4. The van der Waals surface area contributed by atoms with Gasteiger partial charge in [-0.05, 0) is 11.1 Å². The van der Waals surface area contributed by atoms with E-state index in [1.807, 2.05) is 0 Å². The number of aliphatic hydroxyl groups is 2. The molecule has 0 bridgehead atoms. The minimum atomic E-state index is -1.41. The Kier molecular flexibility index (Phi) is 9.50. The third-order valence-corrected chi connectivity index (χ3v) is 2.70. The summed E-state index contributed by atoms with van der Waals surface area (Å²) >= 11 is 0. The molecule has 0 saturated heterocycles. The molecule has 4 N–H and O–H groups in total. The van der Waals surface area contributed by atoms with Crippen molar-refractivity contribution in [2.45, 2.75) is 12.2 Å². The SMILES string of the molecule is O=C(O)C(O)c1ccccc1.O=C(O)C(O)c1ccccc1.[Ni]. The van der Waals surface area contributed by atoms with Crippen LogP contribution in [0.4, 0.5) is 0 Å². The van der Waals surface area contributed by atoms with Crippen LogP contribution in [0.3, 0.4) is 0 Å². The first-order chi connectivity index (χ1) is 10.4. The summed E-state index contributed by atoms with van der Waals surface area (Å²) < 4.78 is 0. The maximum Gasteiger partial charge on any atom is 0.337 e. The smallest absolute Gasteiger partial charge is 0.337 e. The van der Waals surface area contributed by atoms with E-state index in [1.165, 1.54) is 0 Å². The largest absolute Gasteiger partial charge is 0.479 e. The van der Waals surface area contributed by atoms with Crippen LogP contribution >= 0.6 is 0 Å². The molecule has 2 atom stereocenters. The van der Waals surface area contributed by atoms with E-state index in [4.69, 9.17) is 20.4 Å². The van der Waals surface area contributed by atoms with Crippen LogP contribution in [0.1, 0.15) is 23.3 Å². The summed E-state index contributed by atoms with van der Waals surface area (Å²) in [7, 11) is 0. The number of hydrogen-bond donors (Lipinski definition) is 4. The standard InChI is InChI=1S/2C8H8O3.Ni/c2*9-7(8(10)11)6-4-2-1-3-5-6;/h2*1-5,7,9H,(H,10,11);. The fraction of sp³-hybridized carbons (Fsp3) is 0.125. The second kappa shape index (κ2) is 10.5. The number of carboxylic acids is 2. The molecule has 0 aliphatic carbocycles. The molecule has 23 heavy (non-hydrogen) atoms. The predicted octanol–water partition coefficient (Wildman–Crippen LogP) is 1.61. The third-order valence-electron chi connectivity index (χ3n) is 2.70. The van der Waals surface area contributed by atoms with Gasteiger partial charge in [-0.1, -0.05) is 60.7 Å². The van der Waals surface area contributed by atoms with Crippen LogP contribution in [0.15, 0.2) is 60.7 Å². The molecule has 2 rings (SSSR count). The maximum atomic E-state index is 10.2. The zero-order chi connectivity index (χ0) is 16.5. The zero-order valence-electron chi connectivity index (χ0n) is 11.8. The van der Waals surface area contributed by atoms with Gasteiger partial charge in [0.1, 0.15) is 0 Å². The molecule has 0 aromatic heterocycles. The quantitative estimate of drug-likeness (QED) is 0.614. The topological polar surface area (TPSA) is 115 Å². The third kappa shape index (κ3) is 7.06. The second-order valence-corrected chi connectivity index (χ2v) is 4.30. The van der Waals surface area contributed by atoms with Crippen LogP contribution in [-0.4, -0.2) is 32.4 Å². The summed E-state index contributed by atoms with van der Waals surface area (Å²) in [5, 5.41) is 34.8. The van der Waals surface area contributed by atoms with Crippen molar-refractivity contribution in [1.29, 1.82) is 0 Å². The molecule has 0 amide bonds. The van der Waals surface area contributed by atoms with Crippen LogP contribution in [0.2, 0.25) is 0 Å². The van der Waals surface area contributed by atoms with Crippen LogP contribution in [0.5, 0.6) is 0 Å². The number of carboxylic acid groups (broad SMARTS) is 2. The first-order valence-corrected chi connectivity index (χ1v) is 6.35. The van der Waals surface area contributed by atoms with E-state index in [9.17, 15) is 9.59 Å². The van der Waals surface area contributed by atoms with Crippen molar-refractivity contribution in [3.63, 3.8) is 0 Å². The van der Waals surface area contributed by atoms with E-state index in [2.05, 4.69) is 0 Å². The van der Waals surface area contributed by atoms with Crippen LogP contribution in [0.25, 0.3) is 0 Å². The monoisotopic (exact) mass is 362 g/mol. The molecule has 7 heteroatoms. The zero-order valence-corrected chi connectivity index (χ0v) is 12.8. The van der Waals surface area contributed by atoms with Gasteiger partial charge in [-0.2, -0.15) is 0 Å². The van der Waals surface area contributed by atoms with E-state index in [-0.39, 0.29) is 16.5 Å². The van der Waals surface area contributed by atoms with Crippen molar-refractivity contribution in [3.05, 3.63) is 71.8 Å². The van der Waals surface area contributed by atoms with Gasteiger partial charge in [-0.15, -0.1) is 0 Å². The Bertz CT molecular complexity index is 547. The average Bonchev–Trinajstić information content (AvgIpc) is 2.55. The summed E-state index contributed by atoms with van der Waals surface area (Å²) in [5.41, 5.74) is 0.806. The van der Waals surface area contributed by atoms with Crippen molar-refractivity contribution in [2.24, 2.45) is 0 Å². The number of aliphatic carboxylic acids is 2.